The summed E-state index contributed by atoms with van der Waals surface area (Å²) in [5, 5.41) is 8.34. The molecule has 0 N–H and O–H groups in total. The fraction of sp³-hybridized carbons (Fsp3) is 0.833. The van der Waals surface area contributed by atoms with Gasteiger partial charge in [0.2, 0.25) is 0 Å². The van der Waals surface area contributed by atoms with Gasteiger partial charge in [-0.15, -0.1) is 0 Å². The van der Waals surface area contributed by atoms with Gasteiger partial charge in [-0.05, 0) is 7.05 Å². The standard InChI is InChI=1S/C6H9FN2/c1-9-3-5(2-8)6(7)4-9/h5-6H,3-4H2,1H3/t5-,6-/m1/s1. The molecule has 1 heterocycles. The van der Waals surface area contributed by atoms with Crippen molar-refractivity contribution in [2.45, 2.75) is 6.17 Å². The molecule has 1 rings (SSSR count). The fourth-order valence-electron chi connectivity index (χ4n) is 1.07. The Hall–Kier alpha value is -0.620. The summed E-state index contributed by atoms with van der Waals surface area (Å²) in [6.45, 7) is 0.996. The van der Waals surface area contributed by atoms with Crippen molar-refractivity contribution < 1.29 is 4.39 Å². The first-order valence-corrected chi connectivity index (χ1v) is 2.96. The number of hydrogen-bond acceptors (Lipinski definition) is 2. The molecule has 9 heavy (non-hydrogen) atoms. The molecule has 2 atom stereocenters. The largest absolute Gasteiger partial charge is 0.302 e. The van der Waals surface area contributed by atoms with Gasteiger partial charge in [-0.25, -0.2) is 4.39 Å². The molecule has 1 aliphatic rings. The van der Waals surface area contributed by atoms with Crippen molar-refractivity contribution in [1.82, 2.24) is 4.90 Å². The summed E-state index contributed by atoms with van der Waals surface area (Å²) in [7, 11) is 1.82. The number of halogens is 1. The Kier molecular flexibility index (Phi) is 1.68. The third-order valence-electron chi connectivity index (χ3n) is 1.60. The van der Waals surface area contributed by atoms with Gasteiger partial charge in [0.15, 0.2) is 0 Å². The van der Waals surface area contributed by atoms with E-state index in [1.165, 1.54) is 0 Å². The third-order valence-corrected chi connectivity index (χ3v) is 1.60. The van der Waals surface area contributed by atoms with E-state index in [0.717, 1.165) is 0 Å². The Bertz CT molecular complexity index is 140. The van der Waals surface area contributed by atoms with Crippen LogP contribution < -0.4 is 0 Å². The molecule has 50 valence electrons. The predicted molar refractivity (Wildman–Crippen MR) is 31.5 cm³/mol. The van der Waals surface area contributed by atoms with Gasteiger partial charge < -0.3 is 4.90 Å². The molecule has 0 spiro atoms. The summed E-state index contributed by atoms with van der Waals surface area (Å²) in [5.41, 5.74) is 0. The Morgan fingerprint density at radius 3 is 2.56 bits per heavy atom. The molecule has 1 aliphatic heterocycles. The van der Waals surface area contributed by atoms with Gasteiger partial charge in [-0.2, -0.15) is 5.26 Å². The molecule has 0 aliphatic carbocycles. The summed E-state index contributed by atoms with van der Waals surface area (Å²) in [6, 6.07) is 1.93. The SMILES string of the molecule is CN1C[C@@H](F)[C@H](C#N)C1. The molecule has 0 aromatic heterocycles. The molecule has 0 aromatic carbocycles. The summed E-state index contributed by atoms with van der Waals surface area (Å²) < 4.78 is 12.6. The lowest BCUT2D eigenvalue weighted by Crippen LogP contribution is -2.13. The normalized spacial score (nSPS) is 36.6. The maximum Gasteiger partial charge on any atom is 0.130 e. The zero-order chi connectivity index (χ0) is 6.85. The Morgan fingerprint density at radius 1 is 1.67 bits per heavy atom. The van der Waals surface area contributed by atoms with Crippen LogP contribution in [0.25, 0.3) is 0 Å². The van der Waals surface area contributed by atoms with E-state index in [4.69, 9.17) is 5.26 Å². The van der Waals surface area contributed by atoms with Crippen molar-refractivity contribution in [3.05, 3.63) is 0 Å². The molecule has 0 bridgehead atoms. The van der Waals surface area contributed by atoms with Crippen molar-refractivity contribution in [3.63, 3.8) is 0 Å². The fourth-order valence-corrected chi connectivity index (χ4v) is 1.07. The average Bonchev–Trinajstić information content (AvgIpc) is 2.10. The van der Waals surface area contributed by atoms with E-state index in [1.807, 2.05) is 18.0 Å². The van der Waals surface area contributed by atoms with Gasteiger partial charge in [0.25, 0.3) is 0 Å². The van der Waals surface area contributed by atoms with Crippen molar-refractivity contribution in [3.8, 4) is 6.07 Å². The lowest BCUT2D eigenvalue weighted by molar-refractivity contribution is 0.304. The minimum absolute atomic E-state index is 0.394. The number of rotatable bonds is 0. The number of nitrogens with zero attached hydrogens (tertiary/aromatic N) is 2. The number of likely N-dealkylation sites (tertiary alicyclic amines) is 1. The van der Waals surface area contributed by atoms with E-state index in [9.17, 15) is 4.39 Å². The molecule has 0 aromatic rings. The van der Waals surface area contributed by atoms with E-state index in [-0.39, 0.29) is 0 Å². The van der Waals surface area contributed by atoms with E-state index >= 15 is 0 Å². The highest BCUT2D eigenvalue weighted by Gasteiger charge is 2.30. The Balaban J connectivity index is 2.50. The monoisotopic (exact) mass is 128 g/mol. The zero-order valence-electron chi connectivity index (χ0n) is 5.34. The van der Waals surface area contributed by atoms with E-state index < -0.39 is 12.1 Å². The van der Waals surface area contributed by atoms with Crippen molar-refractivity contribution >= 4 is 0 Å². The van der Waals surface area contributed by atoms with Gasteiger partial charge in [0.05, 0.1) is 12.0 Å². The molecule has 2 nitrogen and oxygen atoms in total. The van der Waals surface area contributed by atoms with Crippen LogP contribution in [0.5, 0.6) is 0 Å². The van der Waals surface area contributed by atoms with Crippen LogP contribution in [0.2, 0.25) is 0 Å². The first kappa shape index (κ1) is 6.50. The predicted octanol–water partition coefficient (Wildman–Crippen LogP) is 0.410. The molecule has 0 saturated carbocycles. The number of nitriles is 1. The number of hydrogen-bond donors (Lipinski definition) is 0. The first-order chi connectivity index (χ1) is 4.24. The molecule has 0 unspecified atom stereocenters. The lowest BCUT2D eigenvalue weighted by atomic mass is 10.1. The maximum absolute atomic E-state index is 12.6. The van der Waals surface area contributed by atoms with Crippen molar-refractivity contribution in [1.29, 1.82) is 5.26 Å². The highest BCUT2D eigenvalue weighted by atomic mass is 19.1. The third kappa shape index (κ3) is 1.19. The zero-order valence-corrected chi connectivity index (χ0v) is 5.34. The van der Waals surface area contributed by atoms with E-state index in [2.05, 4.69) is 0 Å². The summed E-state index contributed by atoms with van der Waals surface area (Å²) in [4.78, 5) is 1.83. The van der Waals surface area contributed by atoms with E-state index in [0.29, 0.717) is 13.1 Å². The molecule has 1 fully saturated rings. The second kappa shape index (κ2) is 2.32. The summed E-state index contributed by atoms with van der Waals surface area (Å²) in [6.07, 6.45) is -0.931. The van der Waals surface area contributed by atoms with Crippen LogP contribution in [0.4, 0.5) is 4.39 Å². The molecule has 1 saturated heterocycles. The van der Waals surface area contributed by atoms with Gasteiger partial charge in [0, 0.05) is 13.1 Å². The Morgan fingerprint density at radius 2 is 2.33 bits per heavy atom. The lowest BCUT2D eigenvalue weighted by Gasteiger charge is -2.01. The molecule has 0 amide bonds. The molecular formula is C6H9FN2. The van der Waals surface area contributed by atoms with Gasteiger partial charge in [-0.1, -0.05) is 0 Å². The molecular weight excluding hydrogens is 119 g/mol. The minimum atomic E-state index is -0.931. The number of alkyl halides is 1. The highest BCUT2D eigenvalue weighted by Crippen LogP contribution is 2.16. The van der Waals surface area contributed by atoms with Crippen LogP contribution >= 0.6 is 0 Å². The van der Waals surface area contributed by atoms with Crippen LogP contribution in [0.3, 0.4) is 0 Å². The quantitative estimate of drug-likeness (QED) is 0.472. The molecule has 3 heteroatoms. The van der Waals surface area contributed by atoms with Crippen molar-refractivity contribution in [2.24, 2.45) is 5.92 Å². The minimum Gasteiger partial charge on any atom is -0.302 e. The Labute approximate surface area is 53.9 Å². The second-order valence-corrected chi connectivity index (χ2v) is 2.47. The molecule has 0 radical (unpaired) electrons. The first-order valence-electron chi connectivity index (χ1n) is 2.96. The van der Waals surface area contributed by atoms with Crippen LogP contribution in [0, 0.1) is 17.2 Å². The van der Waals surface area contributed by atoms with E-state index in [1.54, 1.807) is 0 Å². The highest BCUT2D eigenvalue weighted by molar-refractivity contribution is 4.95. The topological polar surface area (TPSA) is 27.0 Å². The summed E-state index contributed by atoms with van der Waals surface area (Å²) >= 11 is 0. The van der Waals surface area contributed by atoms with Crippen LogP contribution in [-0.4, -0.2) is 31.2 Å². The van der Waals surface area contributed by atoms with Gasteiger partial charge in [0.1, 0.15) is 6.17 Å². The van der Waals surface area contributed by atoms with Crippen molar-refractivity contribution in [2.75, 3.05) is 20.1 Å². The average molecular weight is 128 g/mol. The van der Waals surface area contributed by atoms with Crippen LogP contribution in [0.15, 0.2) is 0 Å². The smallest absolute Gasteiger partial charge is 0.130 e. The summed E-state index contributed by atoms with van der Waals surface area (Å²) in [5.74, 6) is -0.394. The van der Waals surface area contributed by atoms with Gasteiger partial charge >= 0.3 is 0 Å². The van der Waals surface area contributed by atoms with Crippen LogP contribution in [-0.2, 0) is 0 Å². The van der Waals surface area contributed by atoms with Gasteiger partial charge in [-0.3, -0.25) is 0 Å². The van der Waals surface area contributed by atoms with Crippen LogP contribution in [0.1, 0.15) is 0 Å². The second-order valence-electron chi connectivity index (χ2n) is 2.47. The maximum atomic E-state index is 12.6.